The molecule has 1 aromatic rings. The van der Waals surface area contributed by atoms with Crippen molar-refractivity contribution >= 4 is 17.1 Å². The van der Waals surface area contributed by atoms with E-state index in [0.29, 0.717) is 5.57 Å². The zero-order valence-corrected chi connectivity index (χ0v) is 12.9. The van der Waals surface area contributed by atoms with Crippen molar-refractivity contribution in [1.29, 1.82) is 0 Å². The van der Waals surface area contributed by atoms with E-state index in [1.165, 1.54) is 44.5 Å². The Labute approximate surface area is 126 Å². The molecule has 3 heteroatoms. The predicted molar refractivity (Wildman–Crippen MR) is 84.6 cm³/mol. The summed E-state index contributed by atoms with van der Waals surface area (Å²) in [5, 5.41) is 0. The summed E-state index contributed by atoms with van der Waals surface area (Å²) in [7, 11) is 2.92. The second-order valence-corrected chi connectivity index (χ2v) is 5.26. The minimum atomic E-state index is -0.380. The van der Waals surface area contributed by atoms with Crippen LogP contribution in [0.4, 0.5) is 0 Å². The summed E-state index contributed by atoms with van der Waals surface area (Å²) in [6.45, 7) is 1.99. The van der Waals surface area contributed by atoms with Crippen LogP contribution in [0.25, 0.3) is 11.1 Å². The number of hydrogen-bond donors (Lipinski definition) is 0. The van der Waals surface area contributed by atoms with Crippen molar-refractivity contribution in [2.75, 3.05) is 14.2 Å². The quantitative estimate of drug-likeness (QED) is 0.474. The van der Waals surface area contributed by atoms with Crippen LogP contribution in [-0.2, 0) is 14.3 Å². The van der Waals surface area contributed by atoms with Crippen LogP contribution in [0, 0.1) is 6.92 Å². The van der Waals surface area contributed by atoms with Gasteiger partial charge in [-0.1, -0.05) is 18.2 Å². The molecule has 1 aromatic carbocycles. The highest BCUT2D eigenvalue weighted by atomic mass is 16.5. The van der Waals surface area contributed by atoms with Crippen LogP contribution in [0.15, 0.2) is 30.5 Å². The van der Waals surface area contributed by atoms with Crippen LogP contribution in [0.1, 0.15) is 42.4 Å². The van der Waals surface area contributed by atoms with Crippen LogP contribution >= 0.6 is 0 Å². The number of hydrogen-bond acceptors (Lipinski definition) is 3. The molecular formula is C18H22O3. The van der Waals surface area contributed by atoms with Gasteiger partial charge in [0.05, 0.1) is 20.5 Å². The highest BCUT2D eigenvalue weighted by Gasteiger charge is 2.17. The largest absolute Gasteiger partial charge is 0.503 e. The summed E-state index contributed by atoms with van der Waals surface area (Å²) < 4.78 is 9.90. The molecule has 0 fully saturated rings. The maximum Gasteiger partial charge on any atom is 0.341 e. The molecule has 0 spiro atoms. The molecule has 0 amide bonds. The smallest absolute Gasteiger partial charge is 0.341 e. The van der Waals surface area contributed by atoms with Crippen LogP contribution < -0.4 is 0 Å². The van der Waals surface area contributed by atoms with E-state index < -0.39 is 0 Å². The van der Waals surface area contributed by atoms with Gasteiger partial charge < -0.3 is 9.47 Å². The van der Waals surface area contributed by atoms with Gasteiger partial charge in [-0.2, -0.15) is 0 Å². The van der Waals surface area contributed by atoms with Gasteiger partial charge in [0.1, 0.15) is 5.57 Å². The predicted octanol–water partition coefficient (Wildman–Crippen LogP) is 4.11. The fourth-order valence-electron chi connectivity index (χ4n) is 2.66. The number of esters is 1. The zero-order valence-electron chi connectivity index (χ0n) is 12.9. The van der Waals surface area contributed by atoms with E-state index >= 15 is 0 Å². The first kappa shape index (κ1) is 15.4. The van der Waals surface area contributed by atoms with Crippen molar-refractivity contribution < 1.29 is 14.3 Å². The Bertz CT molecular complexity index is 582. The molecule has 1 aliphatic carbocycles. The summed E-state index contributed by atoms with van der Waals surface area (Å²) in [5.74, 6) is -0.380. The molecule has 3 nitrogen and oxygen atoms in total. The lowest BCUT2D eigenvalue weighted by Crippen LogP contribution is -2.06. The molecular weight excluding hydrogens is 264 g/mol. The molecule has 0 unspecified atom stereocenters. The minimum absolute atomic E-state index is 0.380. The SMILES string of the molecule is CO/C=C(/C(=O)OC)c1cc(C2=CCCCC2)ccc1C. The first-order valence-electron chi connectivity index (χ1n) is 7.29. The molecule has 0 atom stereocenters. The van der Waals surface area contributed by atoms with Crippen molar-refractivity contribution in [3.63, 3.8) is 0 Å². The third-order valence-corrected chi connectivity index (χ3v) is 3.83. The molecule has 0 saturated carbocycles. The normalized spacial score (nSPS) is 15.4. The van der Waals surface area contributed by atoms with E-state index in [2.05, 4.69) is 18.2 Å². The second-order valence-electron chi connectivity index (χ2n) is 5.26. The van der Waals surface area contributed by atoms with Gasteiger partial charge in [0.2, 0.25) is 0 Å². The van der Waals surface area contributed by atoms with Crippen molar-refractivity contribution in [2.24, 2.45) is 0 Å². The lowest BCUT2D eigenvalue weighted by molar-refractivity contribution is -0.133. The molecule has 0 heterocycles. The van der Waals surface area contributed by atoms with Crippen LogP contribution in [-0.4, -0.2) is 20.2 Å². The lowest BCUT2D eigenvalue weighted by atomic mass is 9.90. The van der Waals surface area contributed by atoms with Crippen LogP contribution in [0.2, 0.25) is 0 Å². The molecule has 21 heavy (non-hydrogen) atoms. The Hall–Kier alpha value is -2.03. The summed E-state index contributed by atoms with van der Waals surface area (Å²) in [6, 6.07) is 6.23. The number of methoxy groups -OCH3 is 2. The van der Waals surface area contributed by atoms with Gasteiger partial charge in [0, 0.05) is 0 Å². The van der Waals surface area contributed by atoms with E-state index in [0.717, 1.165) is 24.0 Å². The number of rotatable bonds is 4. The van der Waals surface area contributed by atoms with E-state index in [1.54, 1.807) is 0 Å². The first-order chi connectivity index (χ1) is 10.2. The van der Waals surface area contributed by atoms with E-state index in [9.17, 15) is 4.79 Å². The summed E-state index contributed by atoms with van der Waals surface area (Å²) in [4.78, 5) is 12.0. The maximum absolute atomic E-state index is 12.0. The third kappa shape index (κ3) is 3.54. The van der Waals surface area contributed by atoms with Gasteiger partial charge in [-0.25, -0.2) is 4.79 Å². The van der Waals surface area contributed by atoms with Gasteiger partial charge in [0.25, 0.3) is 0 Å². The molecule has 112 valence electrons. The Morgan fingerprint density at radius 2 is 2.05 bits per heavy atom. The highest BCUT2D eigenvalue weighted by Crippen LogP contribution is 2.30. The Balaban J connectivity index is 2.45. The molecule has 0 aromatic heterocycles. The van der Waals surface area contributed by atoms with Crippen molar-refractivity contribution in [2.45, 2.75) is 32.6 Å². The van der Waals surface area contributed by atoms with Gasteiger partial charge in [-0.15, -0.1) is 0 Å². The Morgan fingerprint density at radius 3 is 2.67 bits per heavy atom. The van der Waals surface area contributed by atoms with Crippen molar-refractivity contribution in [1.82, 2.24) is 0 Å². The van der Waals surface area contributed by atoms with E-state index in [1.807, 2.05) is 13.0 Å². The number of ether oxygens (including phenoxy) is 2. The zero-order chi connectivity index (χ0) is 15.2. The van der Waals surface area contributed by atoms with Crippen molar-refractivity contribution in [3.8, 4) is 0 Å². The van der Waals surface area contributed by atoms with Gasteiger partial charge in [-0.05, 0) is 60.9 Å². The van der Waals surface area contributed by atoms with E-state index in [-0.39, 0.29) is 5.97 Å². The summed E-state index contributed by atoms with van der Waals surface area (Å²) in [6.07, 6.45) is 8.48. The average molecular weight is 286 g/mol. The summed E-state index contributed by atoms with van der Waals surface area (Å²) in [5.41, 5.74) is 4.90. The lowest BCUT2D eigenvalue weighted by Gasteiger charge is -2.16. The molecule has 0 radical (unpaired) electrons. The molecule has 0 bridgehead atoms. The van der Waals surface area contributed by atoms with Crippen LogP contribution in [0.5, 0.6) is 0 Å². The maximum atomic E-state index is 12.0. The minimum Gasteiger partial charge on any atom is -0.503 e. The highest BCUT2D eigenvalue weighted by molar-refractivity contribution is 6.16. The molecule has 0 aliphatic heterocycles. The fourth-order valence-corrected chi connectivity index (χ4v) is 2.66. The van der Waals surface area contributed by atoms with Crippen molar-refractivity contribution in [3.05, 3.63) is 47.2 Å². The molecule has 1 aliphatic rings. The van der Waals surface area contributed by atoms with Gasteiger partial charge in [-0.3, -0.25) is 0 Å². The van der Waals surface area contributed by atoms with E-state index in [4.69, 9.17) is 9.47 Å². The molecule has 2 rings (SSSR count). The fraction of sp³-hybridized carbons (Fsp3) is 0.389. The number of benzene rings is 1. The Kier molecular flexibility index (Phi) is 5.20. The first-order valence-corrected chi connectivity index (χ1v) is 7.29. The average Bonchev–Trinajstić information content (AvgIpc) is 2.53. The topological polar surface area (TPSA) is 35.5 Å². The number of carbonyl (C=O) groups is 1. The number of aryl methyl sites for hydroxylation is 1. The second kappa shape index (κ2) is 7.11. The van der Waals surface area contributed by atoms with Gasteiger partial charge >= 0.3 is 5.97 Å². The number of allylic oxidation sites excluding steroid dienone is 2. The van der Waals surface area contributed by atoms with Gasteiger partial charge in [0.15, 0.2) is 0 Å². The van der Waals surface area contributed by atoms with Crippen LogP contribution in [0.3, 0.4) is 0 Å². The summed E-state index contributed by atoms with van der Waals surface area (Å²) >= 11 is 0. The number of carbonyl (C=O) groups excluding carboxylic acids is 1. The standard InChI is InChI=1S/C18H22O3/c1-13-9-10-15(14-7-5-4-6-8-14)11-16(13)17(12-20-2)18(19)21-3/h7,9-12H,4-6,8H2,1-3H3/b17-12+. The molecule has 0 saturated heterocycles. The molecule has 0 N–H and O–H groups in total. The monoisotopic (exact) mass is 286 g/mol. The Morgan fingerprint density at radius 1 is 1.24 bits per heavy atom. The third-order valence-electron chi connectivity index (χ3n) is 3.83.